The monoisotopic (exact) mass is 354 g/mol. The largest absolute Gasteiger partial charge is 0.512 e. The Labute approximate surface area is 152 Å². The fraction of sp³-hybridized carbons (Fsp3) is 0.429. The molecule has 1 aromatic carbocycles. The van der Waals surface area contributed by atoms with Gasteiger partial charge in [0.05, 0.1) is 18.3 Å². The molecule has 0 fully saturated rings. The Morgan fingerprint density at radius 1 is 1.08 bits per heavy atom. The molecule has 0 saturated carbocycles. The normalized spacial score (nSPS) is 22.7. The zero-order chi connectivity index (χ0) is 18.3. The molecule has 2 aliphatic carbocycles. The summed E-state index contributed by atoms with van der Waals surface area (Å²) in [4.78, 5) is 25.4. The van der Waals surface area contributed by atoms with Crippen LogP contribution in [0.5, 0.6) is 11.5 Å². The Hall–Kier alpha value is -2.56. The summed E-state index contributed by atoms with van der Waals surface area (Å²) < 4.78 is 11.8. The molecule has 5 nitrogen and oxygen atoms in total. The van der Waals surface area contributed by atoms with Gasteiger partial charge < -0.3 is 14.6 Å². The smallest absolute Gasteiger partial charge is 0.172 e. The molecule has 1 unspecified atom stereocenters. The summed E-state index contributed by atoms with van der Waals surface area (Å²) in [5.74, 6) is 1.24. The Morgan fingerprint density at radius 2 is 1.81 bits per heavy atom. The first-order valence-corrected chi connectivity index (χ1v) is 9.26. The van der Waals surface area contributed by atoms with Crippen LogP contribution in [0.3, 0.4) is 0 Å². The zero-order valence-corrected chi connectivity index (χ0v) is 14.8. The van der Waals surface area contributed by atoms with Crippen LogP contribution < -0.4 is 9.47 Å². The SMILES string of the molecule is CCOc1cccc2c1OC1=C(C(=O)CCC1)C2C1=C(O)CCCC1=O. The van der Waals surface area contributed by atoms with Crippen molar-refractivity contribution < 1.29 is 24.2 Å². The van der Waals surface area contributed by atoms with Gasteiger partial charge in [-0.3, -0.25) is 9.59 Å². The molecule has 1 aliphatic heterocycles. The average molecular weight is 354 g/mol. The third-order valence-corrected chi connectivity index (χ3v) is 5.26. The second-order valence-corrected chi connectivity index (χ2v) is 6.89. The van der Waals surface area contributed by atoms with E-state index < -0.39 is 5.92 Å². The number of para-hydroxylation sites is 1. The van der Waals surface area contributed by atoms with Gasteiger partial charge in [0.15, 0.2) is 23.1 Å². The summed E-state index contributed by atoms with van der Waals surface area (Å²) in [6, 6.07) is 5.52. The van der Waals surface area contributed by atoms with Gasteiger partial charge in [-0.1, -0.05) is 12.1 Å². The molecule has 1 heterocycles. The van der Waals surface area contributed by atoms with Crippen LogP contribution in [0.15, 0.2) is 40.9 Å². The highest BCUT2D eigenvalue weighted by Crippen LogP contribution is 2.51. The fourth-order valence-electron chi connectivity index (χ4n) is 4.15. The van der Waals surface area contributed by atoms with E-state index >= 15 is 0 Å². The summed E-state index contributed by atoms with van der Waals surface area (Å²) in [7, 11) is 0. The molecule has 26 heavy (non-hydrogen) atoms. The van der Waals surface area contributed by atoms with E-state index in [1.165, 1.54) is 0 Å². The minimum absolute atomic E-state index is 0.00221. The van der Waals surface area contributed by atoms with Crippen LogP contribution in [0.1, 0.15) is 56.9 Å². The van der Waals surface area contributed by atoms with Gasteiger partial charge in [-0.2, -0.15) is 0 Å². The first kappa shape index (κ1) is 16.9. The maximum atomic E-state index is 12.7. The lowest BCUT2D eigenvalue weighted by molar-refractivity contribution is -0.117. The van der Waals surface area contributed by atoms with Gasteiger partial charge in [-0.25, -0.2) is 0 Å². The Bertz CT molecular complexity index is 846. The molecular weight excluding hydrogens is 332 g/mol. The lowest BCUT2D eigenvalue weighted by Crippen LogP contribution is -2.29. The van der Waals surface area contributed by atoms with Gasteiger partial charge in [0.1, 0.15) is 5.76 Å². The minimum atomic E-state index is -0.560. The van der Waals surface area contributed by atoms with Crippen molar-refractivity contribution in [2.45, 2.75) is 51.4 Å². The molecular formula is C21H22O5. The Balaban J connectivity index is 1.95. The van der Waals surface area contributed by atoms with Gasteiger partial charge in [0.2, 0.25) is 0 Å². The topological polar surface area (TPSA) is 72.8 Å². The van der Waals surface area contributed by atoms with E-state index in [-0.39, 0.29) is 17.3 Å². The Kier molecular flexibility index (Phi) is 4.31. The van der Waals surface area contributed by atoms with Crippen LogP contribution in [-0.4, -0.2) is 23.3 Å². The molecule has 0 aromatic heterocycles. The summed E-state index contributed by atoms with van der Waals surface area (Å²) >= 11 is 0. The molecule has 0 spiro atoms. The number of aliphatic hydroxyl groups excluding tert-OH is 1. The lowest BCUT2D eigenvalue weighted by Gasteiger charge is -2.35. The number of aliphatic hydroxyl groups is 1. The number of hydrogen-bond donors (Lipinski definition) is 1. The number of carbonyl (C=O) groups is 2. The summed E-state index contributed by atoms with van der Waals surface area (Å²) in [5, 5.41) is 10.5. The number of carbonyl (C=O) groups excluding carboxylic acids is 2. The van der Waals surface area contributed by atoms with Gasteiger partial charge in [0, 0.05) is 42.4 Å². The van der Waals surface area contributed by atoms with Gasteiger partial charge in [-0.05, 0) is 25.8 Å². The number of ketones is 2. The van der Waals surface area contributed by atoms with Crippen molar-refractivity contribution in [2.75, 3.05) is 6.61 Å². The van der Waals surface area contributed by atoms with Crippen LogP contribution in [0.4, 0.5) is 0 Å². The molecule has 3 aliphatic rings. The number of Topliss-reactive ketones (excluding diaryl/α,β-unsaturated/α-hetero) is 2. The molecule has 1 N–H and O–H groups in total. The highest BCUT2D eigenvalue weighted by atomic mass is 16.5. The van der Waals surface area contributed by atoms with Crippen LogP contribution in [0.25, 0.3) is 0 Å². The number of hydrogen-bond acceptors (Lipinski definition) is 5. The van der Waals surface area contributed by atoms with Crippen molar-refractivity contribution in [3.05, 3.63) is 46.4 Å². The third-order valence-electron chi connectivity index (χ3n) is 5.26. The van der Waals surface area contributed by atoms with Crippen molar-refractivity contribution in [3.8, 4) is 11.5 Å². The quantitative estimate of drug-likeness (QED) is 0.883. The average Bonchev–Trinajstić information content (AvgIpc) is 2.62. The standard InChI is InChI=1S/C21H22O5/c1-2-25-17-11-3-6-12-18(19-13(22)7-4-8-14(19)23)20-15(24)9-5-10-16(20)26-21(12)17/h3,6,11,18,22H,2,4-5,7-10H2,1H3. The molecule has 5 heteroatoms. The van der Waals surface area contributed by atoms with Gasteiger partial charge >= 0.3 is 0 Å². The number of benzene rings is 1. The summed E-state index contributed by atoms with van der Waals surface area (Å²) in [6.45, 7) is 2.38. The second kappa shape index (κ2) is 6.63. The maximum absolute atomic E-state index is 12.7. The maximum Gasteiger partial charge on any atom is 0.172 e. The molecule has 1 atom stereocenters. The van der Waals surface area contributed by atoms with Crippen molar-refractivity contribution in [3.63, 3.8) is 0 Å². The van der Waals surface area contributed by atoms with E-state index in [2.05, 4.69) is 0 Å². The number of allylic oxidation sites excluding steroid dienone is 4. The van der Waals surface area contributed by atoms with E-state index in [0.29, 0.717) is 67.1 Å². The van der Waals surface area contributed by atoms with Crippen LogP contribution in [0.2, 0.25) is 0 Å². The van der Waals surface area contributed by atoms with Crippen LogP contribution in [0, 0.1) is 0 Å². The second-order valence-electron chi connectivity index (χ2n) is 6.89. The van der Waals surface area contributed by atoms with Gasteiger partial charge in [-0.15, -0.1) is 0 Å². The van der Waals surface area contributed by atoms with E-state index in [0.717, 1.165) is 12.0 Å². The predicted octanol–water partition coefficient (Wildman–Crippen LogP) is 4.13. The van der Waals surface area contributed by atoms with Crippen molar-refractivity contribution in [1.29, 1.82) is 0 Å². The first-order valence-electron chi connectivity index (χ1n) is 9.26. The van der Waals surface area contributed by atoms with E-state index in [1.807, 2.05) is 25.1 Å². The highest BCUT2D eigenvalue weighted by Gasteiger charge is 2.42. The van der Waals surface area contributed by atoms with Crippen molar-refractivity contribution >= 4 is 11.6 Å². The Morgan fingerprint density at radius 3 is 2.54 bits per heavy atom. The number of rotatable bonds is 3. The highest BCUT2D eigenvalue weighted by molar-refractivity contribution is 6.05. The van der Waals surface area contributed by atoms with E-state index in [4.69, 9.17) is 9.47 Å². The van der Waals surface area contributed by atoms with Crippen LogP contribution >= 0.6 is 0 Å². The molecule has 0 radical (unpaired) electrons. The minimum Gasteiger partial charge on any atom is -0.512 e. The molecule has 0 amide bonds. The van der Waals surface area contributed by atoms with Gasteiger partial charge in [0.25, 0.3) is 0 Å². The van der Waals surface area contributed by atoms with Crippen molar-refractivity contribution in [2.24, 2.45) is 0 Å². The fourth-order valence-corrected chi connectivity index (χ4v) is 4.15. The molecule has 1 aromatic rings. The third kappa shape index (κ3) is 2.62. The van der Waals surface area contributed by atoms with E-state index in [9.17, 15) is 14.7 Å². The zero-order valence-electron chi connectivity index (χ0n) is 14.8. The van der Waals surface area contributed by atoms with Crippen LogP contribution in [-0.2, 0) is 9.59 Å². The number of fused-ring (bicyclic) bond motifs is 1. The number of ether oxygens (including phenoxy) is 2. The van der Waals surface area contributed by atoms with E-state index in [1.54, 1.807) is 0 Å². The predicted molar refractivity (Wildman–Crippen MR) is 95.4 cm³/mol. The first-order chi connectivity index (χ1) is 12.6. The molecule has 4 rings (SSSR count). The van der Waals surface area contributed by atoms with Crippen molar-refractivity contribution in [1.82, 2.24) is 0 Å². The lowest BCUT2D eigenvalue weighted by atomic mass is 9.73. The molecule has 136 valence electrons. The molecule has 0 bridgehead atoms. The molecule has 0 saturated heterocycles. The summed E-state index contributed by atoms with van der Waals surface area (Å²) in [6.07, 6.45) is 3.34. The summed E-state index contributed by atoms with van der Waals surface area (Å²) in [5.41, 5.74) is 1.62.